The van der Waals surface area contributed by atoms with E-state index in [4.69, 9.17) is 4.74 Å². The first kappa shape index (κ1) is 18.5. The van der Waals surface area contributed by atoms with Gasteiger partial charge in [0, 0.05) is 6.54 Å². The second-order valence-corrected chi connectivity index (χ2v) is 6.42. The summed E-state index contributed by atoms with van der Waals surface area (Å²) in [4.78, 5) is 25.9. The molecule has 1 aliphatic rings. The molecule has 0 unspecified atom stereocenters. The lowest BCUT2D eigenvalue weighted by Crippen LogP contribution is -2.43. The predicted molar refractivity (Wildman–Crippen MR) is 93.7 cm³/mol. The molecule has 1 aromatic carbocycles. The molecule has 2 rings (SSSR count). The fourth-order valence-electron chi connectivity index (χ4n) is 3.01. The Morgan fingerprint density at radius 2 is 1.92 bits per heavy atom. The van der Waals surface area contributed by atoms with E-state index in [-0.39, 0.29) is 17.8 Å². The first-order chi connectivity index (χ1) is 11.6. The number of ether oxygens (including phenoxy) is 1. The van der Waals surface area contributed by atoms with Crippen molar-refractivity contribution in [3.05, 3.63) is 35.9 Å². The van der Waals surface area contributed by atoms with E-state index in [0.717, 1.165) is 25.9 Å². The Morgan fingerprint density at radius 1 is 1.25 bits per heavy atom. The van der Waals surface area contributed by atoms with E-state index < -0.39 is 0 Å². The standard InChI is InChI=1S/C19H28N2O3/c1-3-24-19(23)17-9-11-21(12-10-17)14-18(22)20-13-15(2)16-7-5-4-6-8-16/h4-8,15,17H,3,9-14H2,1-2H3,(H,20,22)/t15-/m1/s1. The molecule has 1 amide bonds. The van der Waals surface area contributed by atoms with Crippen molar-refractivity contribution in [3.8, 4) is 0 Å². The fourth-order valence-corrected chi connectivity index (χ4v) is 3.01. The van der Waals surface area contributed by atoms with Crippen molar-refractivity contribution in [2.24, 2.45) is 5.92 Å². The molecule has 1 heterocycles. The fraction of sp³-hybridized carbons (Fsp3) is 0.579. The second-order valence-electron chi connectivity index (χ2n) is 6.42. The summed E-state index contributed by atoms with van der Waals surface area (Å²) in [5.74, 6) is 0.234. The number of esters is 1. The number of piperidine rings is 1. The third-order valence-corrected chi connectivity index (χ3v) is 4.55. The summed E-state index contributed by atoms with van der Waals surface area (Å²) in [5.41, 5.74) is 1.23. The molecular formula is C19H28N2O3. The van der Waals surface area contributed by atoms with Crippen LogP contribution in [-0.2, 0) is 14.3 Å². The van der Waals surface area contributed by atoms with Crippen LogP contribution in [0.4, 0.5) is 0 Å². The molecule has 1 aromatic rings. The van der Waals surface area contributed by atoms with Crippen LogP contribution in [0, 0.1) is 5.92 Å². The number of carbonyl (C=O) groups is 2. The molecule has 1 N–H and O–H groups in total. The highest BCUT2D eigenvalue weighted by Gasteiger charge is 2.26. The lowest BCUT2D eigenvalue weighted by molar-refractivity contribution is -0.149. The van der Waals surface area contributed by atoms with Crippen LogP contribution >= 0.6 is 0 Å². The topological polar surface area (TPSA) is 58.6 Å². The predicted octanol–water partition coefficient (Wildman–Crippen LogP) is 2.18. The number of nitrogens with one attached hydrogen (secondary N) is 1. The molecule has 0 aromatic heterocycles. The Morgan fingerprint density at radius 3 is 2.54 bits per heavy atom. The average molecular weight is 332 g/mol. The van der Waals surface area contributed by atoms with Crippen molar-refractivity contribution >= 4 is 11.9 Å². The van der Waals surface area contributed by atoms with Crippen molar-refractivity contribution in [1.29, 1.82) is 0 Å². The highest BCUT2D eigenvalue weighted by atomic mass is 16.5. The molecule has 1 atom stereocenters. The van der Waals surface area contributed by atoms with Crippen LogP contribution in [0.3, 0.4) is 0 Å². The normalized spacial score (nSPS) is 17.2. The van der Waals surface area contributed by atoms with Crippen LogP contribution in [0.1, 0.15) is 38.2 Å². The minimum absolute atomic E-state index is 0.0117. The van der Waals surface area contributed by atoms with Gasteiger partial charge >= 0.3 is 5.97 Å². The first-order valence-corrected chi connectivity index (χ1v) is 8.80. The van der Waals surface area contributed by atoms with Gasteiger partial charge in [0.25, 0.3) is 0 Å². The van der Waals surface area contributed by atoms with Crippen LogP contribution < -0.4 is 5.32 Å². The maximum absolute atomic E-state index is 12.1. The summed E-state index contributed by atoms with van der Waals surface area (Å²) in [5, 5.41) is 3.01. The van der Waals surface area contributed by atoms with Gasteiger partial charge in [0.2, 0.25) is 5.91 Å². The van der Waals surface area contributed by atoms with E-state index in [1.807, 2.05) is 25.1 Å². The molecule has 0 bridgehead atoms. The van der Waals surface area contributed by atoms with Gasteiger partial charge in [-0.3, -0.25) is 14.5 Å². The van der Waals surface area contributed by atoms with Gasteiger partial charge in [-0.1, -0.05) is 37.3 Å². The van der Waals surface area contributed by atoms with Crippen molar-refractivity contribution in [2.75, 3.05) is 32.8 Å². The highest BCUT2D eigenvalue weighted by Crippen LogP contribution is 2.18. The Labute approximate surface area is 144 Å². The zero-order chi connectivity index (χ0) is 17.4. The van der Waals surface area contributed by atoms with Crippen molar-refractivity contribution < 1.29 is 14.3 Å². The lowest BCUT2D eigenvalue weighted by Gasteiger charge is -2.30. The number of hydrogen-bond donors (Lipinski definition) is 1. The molecule has 1 fully saturated rings. The molecule has 0 radical (unpaired) electrons. The molecule has 5 nitrogen and oxygen atoms in total. The third kappa shape index (κ3) is 5.64. The number of amides is 1. The number of likely N-dealkylation sites (tertiary alicyclic amines) is 1. The van der Waals surface area contributed by atoms with Gasteiger partial charge in [0.1, 0.15) is 0 Å². The maximum atomic E-state index is 12.1. The zero-order valence-electron chi connectivity index (χ0n) is 14.7. The second kappa shape index (κ2) is 9.42. The molecule has 132 valence electrons. The number of carbonyl (C=O) groups excluding carboxylic acids is 2. The van der Waals surface area contributed by atoms with Crippen LogP contribution in [0.15, 0.2) is 30.3 Å². The monoisotopic (exact) mass is 332 g/mol. The molecule has 0 saturated carbocycles. The summed E-state index contributed by atoms with van der Waals surface area (Å²) in [6, 6.07) is 10.2. The van der Waals surface area contributed by atoms with Crippen molar-refractivity contribution in [3.63, 3.8) is 0 Å². The Hall–Kier alpha value is -1.88. The highest BCUT2D eigenvalue weighted by molar-refractivity contribution is 5.78. The number of benzene rings is 1. The molecule has 1 saturated heterocycles. The molecular weight excluding hydrogens is 304 g/mol. The quantitative estimate of drug-likeness (QED) is 0.778. The van der Waals surface area contributed by atoms with E-state index in [2.05, 4.69) is 29.3 Å². The lowest BCUT2D eigenvalue weighted by atomic mass is 9.97. The van der Waals surface area contributed by atoms with Gasteiger partial charge in [-0.15, -0.1) is 0 Å². The SMILES string of the molecule is CCOC(=O)C1CCN(CC(=O)NC[C@@H](C)c2ccccc2)CC1. The van der Waals surface area contributed by atoms with Gasteiger partial charge in [0.05, 0.1) is 19.1 Å². The van der Waals surface area contributed by atoms with Gasteiger partial charge in [-0.2, -0.15) is 0 Å². The number of nitrogens with zero attached hydrogens (tertiary/aromatic N) is 1. The molecule has 5 heteroatoms. The van der Waals surface area contributed by atoms with E-state index in [1.165, 1.54) is 5.56 Å². The molecule has 24 heavy (non-hydrogen) atoms. The largest absolute Gasteiger partial charge is 0.466 e. The van der Waals surface area contributed by atoms with Crippen LogP contribution in [0.25, 0.3) is 0 Å². The Balaban J connectivity index is 1.67. The summed E-state index contributed by atoms with van der Waals surface area (Å²) in [7, 11) is 0. The number of rotatable bonds is 7. The summed E-state index contributed by atoms with van der Waals surface area (Å²) >= 11 is 0. The van der Waals surface area contributed by atoms with Gasteiger partial charge < -0.3 is 10.1 Å². The number of hydrogen-bond acceptors (Lipinski definition) is 4. The summed E-state index contributed by atoms with van der Waals surface area (Å²) < 4.78 is 5.07. The van der Waals surface area contributed by atoms with Crippen LogP contribution in [0.2, 0.25) is 0 Å². The summed E-state index contributed by atoms with van der Waals surface area (Å²) in [6.45, 7) is 6.95. The third-order valence-electron chi connectivity index (χ3n) is 4.55. The smallest absolute Gasteiger partial charge is 0.309 e. The van der Waals surface area contributed by atoms with Gasteiger partial charge in [-0.25, -0.2) is 0 Å². The van der Waals surface area contributed by atoms with E-state index in [1.54, 1.807) is 0 Å². The maximum Gasteiger partial charge on any atom is 0.309 e. The molecule has 0 spiro atoms. The zero-order valence-corrected chi connectivity index (χ0v) is 14.7. The van der Waals surface area contributed by atoms with E-state index in [9.17, 15) is 9.59 Å². The van der Waals surface area contributed by atoms with Gasteiger partial charge in [-0.05, 0) is 44.3 Å². The van der Waals surface area contributed by atoms with Gasteiger partial charge in [0.15, 0.2) is 0 Å². The molecule has 0 aliphatic carbocycles. The minimum atomic E-state index is -0.0988. The van der Waals surface area contributed by atoms with Crippen LogP contribution in [-0.4, -0.2) is 49.6 Å². The Kier molecular flexibility index (Phi) is 7.25. The summed E-state index contributed by atoms with van der Waals surface area (Å²) in [6.07, 6.45) is 1.54. The van der Waals surface area contributed by atoms with Crippen molar-refractivity contribution in [1.82, 2.24) is 10.2 Å². The van der Waals surface area contributed by atoms with Crippen LogP contribution in [0.5, 0.6) is 0 Å². The Bertz CT molecular complexity index is 525. The minimum Gasteiger partial charge on any atom is -0.466 e. The van der Waals surface area contributed by atoms with E-state index >= 15 is 0 Å². The average Bonchev–Trinajstić information content (AvgIpc) is 2.61. The first-order valence-electron chi connectivity index (χ1n) is 8.80. The molecule has 1 aliphatic heterocycles. The van der Waals surface area contributed by atoms with Crippen molar-refractivity contribution in [2.45, 2.75) is 32.6 Å². The van der Waals surface area contributed by atoms with E-state index in [0.29, 0.717) is 25.6 Å².